The average Bonchev–Trinajstić information content (AvgIpc) is 2.75. The lowest BCUT2D eigenvalue weighted by Gasteiger charge is -2.36. The zero-order valence-corrected chi connectivity index (χ0v) is 19.3. The van der Waals surface area contributed by atoms with Crippen LogP contribution in [0.2, 0.25) is 0 Å². The van der Waals surface area contributed by atoms with Crippen molar-refractivity contribution in [2.45, 2.75) is 52.1 Å². The Bertz CT molecular complexity index is 952. The minimum Gasteiger partial charge on any atom is -0.338 e. The van der Waals surface area contributed by atoms with E-state index in [-0.39, 0.29) is 11.8 Å². The lowest BCUT2D eigenvalue weighted by atomic mass is 9.92. The van der Waals surface area contributed by atoms with E-state index < -0.39 is 5.67 Å². The van der Waals surface area contributed by atoms with Gasteiger partial charge < -0.3 is 15.5 Å². The van der Waals surface area contributed by atoms with E-state index in [4.69, 9.17) is 0 Å². The van der Waals surface area contributed by atoms with Gasteiger partial charge in [0.2, 0.25) is 5.91 Å². The number of benzene rings is 2. The molecule has 0 unspecified atom stereocenters. The van der Waals surface area contributed by atoms with Gasteiger partial charge in [-0.25, -0.2) is 4.39 Å². The highest BCUT2D eigenvalue weighted by Gasteiger charge is 2.35. The molecule has 0 radical (unpaired) electrons. The number of hydrogen-bond acceptors (Lipinski definition) is 3. The third kappa shape index (κ3) is 6.63. The summed E-state index contributed by atoms with van der Waals surface area (Å²) >= 11 is 0. The summed E-state index contributed by atoms with van der Waals surface area (Å²) in [4.78, 5) is 25.7. The van der Waals surface area contributed by atoms with Crippen molar-refractivity contribution in [2.75, 3.05) is 31.5 Å². The Morgan fingerprint density at radius 3 is 2.50 bits per heavy atom. The van der Waals surface area contributed by atoms with Gasteiger partial charge in [-0.2, -0.15) is 0 Å². The van der Waals surface area contributed by atoms with Crippen LogP contribution < -0.4 is 10.6 Å². The number of piperidine rings is 1. The monoisotopic (exact) mass is 439 g/mol. The van der Waals surface area contributed by atoms with Crippen LogP contribution in [0.15, 0.2) is 42.5 Å². The molecule has 1 saturated heterocycles. The smallest absolute Gasteiger partial charge is 0.253 e. The van der Waals surface area contributed by atoms with Crippen LogP contribution in [0, 0.1) is 13.8 Å². The molecule has 2 aromatic carbocycles. The standard InChI is InChI=1S/C26H34FN3O2/c1-19-9-10-23(16-20(19)2)25(32)30-14-11-26(27,12-15-30)18-28-13-5-7-22-6-4-8-24(17-22)29-21(3)31/h4,6,8-10,16-17,28H,5,7,11-15,18H2,1-3H3,(H,29,31). The predicted octanol–water partition coefficient (Wildman–Crippen LogP) is 4.43. The number of carbonyl (C=O) groups is 2. The summed E-state index contributed by atoms with van der Waals surface area (Å²) in [7, 11) is 0. The van der Waals surface area contributed by atoms with Gasteiger partial charge in [-0.15, -0.1) is 0 Å². The van der Waals surface area contributed by atoms with Crippen LogP contribution in [0.1, 0.15) is 53.2 Å². The molecule has 5 nitrogen and oxygen atoms in total. The summed E-state index contributed by atoms with van der Waals surface area (Å²) in [6, 6.07) is 13.5. The second kappa shape index (κ2) is 10.7. The van der Waals surface area contributed by atoms with Gasteiger partial charge in [-0.3, -0.25) is 9.59 Å². The summed E-state index contributed by atoms with van der Waals surface area (Å²) in [5, 5.41) is 6.04. The Morgan fingerprint density at radius 2 is 1.81 bits per heavy atom. The first-order valence-corrected chi connectivity index (χ1v) is 11.4. The van der Waals surface area contributed by atoms with Crippen molar-refractivity contribution in [1.82, 2.24) is 10.2 Å². The minimum absolute atomic E-state index is 0.00963. The Balaban J connectivity index is 1.39. The molecule has 2 amide bonds. The molecule has 6 heteroatoms. The molecule has 0 aromatic heterocycles. The maximum Gasteiger partial charge on any atom is 0.253 e. The number of nitrogens with zero attached hydrogens (tertiary/aromatic N) is 1. The molecule has 2 N–H and O–H groups in total. The molecule has 1 aliphatic rings. The summed E-state index contributed by atoms with van der Waals surface area (Å²) < 4.78 is 15.2. The summed E-state index contributed by atoms with van der Waals surface area (Å²) in [6.07, 6.45) is 2.46. The second-order valence-electron chi connectivity index (χ2n) is 8.90. The lowest BCUT2D eigenvalue weighted by molar-refractivity contribution is -0.114. The molecule has 3 rings (SSSR count). The van der Waals surface area contributed by atoms with Gasteiger partial charge >= 0.3 is 0 Å². The highest BCUT2D eigenvalue weighted by molar-refractivity contribution is 5.94. The fourth-order valence-electron chi connectivity index (χ4n) is 4.08. The number of halogens is 1. The Labute approximate surface area is 190 Å². The Kier molecular flexibility index (Phi) is 8.02. The summed E-state index contributed by atoms with van der Waals surface area (Å²) in [5.41, 5.74) is 3.61. The zero-order chi connectivity index (χ0) is 23.1. The predicted molar refractivity (Wildman–Crippen MR) is 127 cm³/mol. The number of aryl methyl sites for hydroxylation is 3. The number of carbonyl (C=O) groups excluding carboxylic acids is 2. The molecule has 1 fully saturated rings. The van der Waals surface area contributed by atoms with Crippen molar-refractivity contribution in [3.8, 4) is 0 Å². The normalized spacial score (nSPS) is 15.4. The van der Waals surface area contributed by atoms with Crippen molar-refractivity contribution in [3.63, 3.8) is 0 Å². The number of likely N-dealkylation sites (tertiary alicyclic amines) is 1. The first-order chi connectivity index (χ1) is 15.3. The van der Waals surface area contributed by atoms with Crippen LogP contribution in [-0.4, -0.2) is 48.6 Å². The molecule has 1 aliphatic heterocycles. The van der Waals surface area contributed by atoms with E-state index in [1.54, 1.807) is 4.90 Å². The van der Waals surface area contributed by atoms with E-state index >= 15 is 4.39 Å². The van der Waals surface area contributed by atoms with Gasteiger partial charge in [0.1, 0.15) is 5.67 Å². The highest BCUT2D eigenvalue weighted by Crippen LogP contribution is 2.27. The number of anilines is 1. The van der Waals surface area contributed by atoms with Crippen LogP contribution >= 0.6 is 0 Å². The van der Waals surface area contributed by atoms with Crippen LogP contribution in [0.5, 0.6) is 0 Å². The molecule has 172 valence electrons. The molecule has 0 atom stereocenters. The molecule has 2 aromatic rings. The second-order valence-corrected chi connectivity index (χ2v) is 8.90. The number of alkyl halides is 1. The summed E-state index contributed by atoms with van der Waals surface area (Å²) in [6.45, 7) is 7.44. The van der Waals surface area contributed by atoms with Gasteiger partial charge in [0.15, 0.2) is 0 Å². The van der Waals surface area contributed by atoms with Crippen LogP contribution in [0.3, 0.4) is 0 Å². The SMILES string of the molecule is CC(=O)Nc1cccc(CCCNCC2(F)CCN(C(=O)c3ccc(C)c(C)c3)CC2)c1. The molecule has 0 aliphatic carbocycles. The molecular weight excluding hydrogens is 405 g/mol. The van der Waals surface area contributed by atoms with E-state index in [1.807, 2.05) is 56.3 Å². The Morgan fingerprint density at radius 1 is 1.06 bits per heavy atom. The van der Waals surface area contributed by atoms with Crippen LogP contribution in [0.25, 0.3) is 0 Å². The van der Waals surface area contributed by atoms with E-state index in [9.17, 15) is 9.59 Å². The lowest BCUT2D eigenvalue weighted by Crippen LogP contribution is -2.49. The first kappa shape index (κ1) is 23.9. The quantitative estimate of drug-likeness (QED) is 0.598. The first-order valence-electron chi connectivity index (χ1n) is 11.4. The number of rotatable bonds is 8. The largest absolute Gasteiger partial charge is 0.338 e. The Hall–Kier alpha value is -2.73. The van der Waals surface area contributed by atoms with E-state index in [1.165, 1.54) is 6.92 Å². The van der Waals surface area contributed by atoms with Gasteiger partial charge in [-0.1, -0.05) is 18.2 Å². The maximum absolute atomic E-state index is 15.2. The third-order valence-electron chi connectivity index (χ3n) is 6.21. The molecule has 0 bridgehead atoms. The van der Waals surface area contributed by atoms with Crippen molar-refractivity contribution in [3.05, 3.63) is 64.7 Å². The summed E-state index contributed by atoms with van der Waals surface area (Å²) in [5.74, 6) is -0.0941. The van der Waals surface area contributed by atoms with Crippen molar-refractivity contribution in [1.29, 1.82) is 0 Å². The fraction of sp³-hybridized carbons (Fsp3) is 0.462. The van der Waals surface area contributed by atoms with Crippen LogP contribution in [-0.2, 0) is 11.2 Å². The molecule has 0 spiro atoms. The van der Waals surface area contributed by atoms with Gasteiger partial charge in [0.25, 0.3) is 5.91 Å². The fourth-order valence-corrected chi connectivity index (χ4v) is 4.08. The van der Waals surface area contributed by atoms with Crippen molar-refractivity contribution in [2.24, 2.45) is 0 Å². The average molecular weight is 440 g/mol. The topological polar surface area (TPSA) is 61.4 Å². The number of amides is 2. The minimum atomic E-state index is -1.27. The van der Waals surface area contributed by atoms with Crippen molar-refractivity contribution >= 4 is 17.5 Å². The van der Waals surface area contributed by atoms with Gasteiger partial charge in [-0.05, 0) is 74.2 Å². The number of hydrogen-bond donors (Lipinski definition) is 2. The molecule has 32 heavy (non-hydrogen) atoms. The highest BCUT2D eigenvalue weighted by atomic mass is 19.1. The molecule has 1 heterocycles. The zero-order valence-electron chi connectivity index (χ0n) is 19.3. The van der Waals surface area contributed by atoms with Crippen LogP contribution in [0.4, 0.5) is 10.1 Å². The van der Waals surface area contributed by atoms with E-state index in [0.29, 0.717) is 38.0 Å². The maximum atomic E-state index is 15.2. The molecule has 0 saturated carbocycles. The van der Waals surface area contributed by atoms with Gasteiger partial charge in [0, 0.05) is 50.7 Å². The third-order valence-corrected chi connectivity index (χ3v) is 6.21. The van der Waals surface area contributed by atoms with E-state index in [0.717, 1.165) is 41.8 Å². The van der Waals surface area contributed by atoms with E-state index in [2.05, 4.69) is 10.6 Å². The molecular formula is C26H34FN3O2. The van der Waals surface area contributed by atoms with Gasteiger partial charge in [0.05, 0.1) is 0 Å². The van der Waals surface area contributed by atoms with Crippen molar-refractivity contribution < 1.29 is 14.0 Å². The number of nitrogens with one attached hydrogen (secondary N) is 2.